The summed E-state index contributed by atoms with van der Waals surface area (Å²) in [7, 11) is -3.75. The first-order valence-electron chi connectivity index (χ1n) is 20.7. The van der Waals surface area contributed by atoms with Gasteiger partial charge in [0.1, 0.15) is 0 Å². The van der Waals surface area contributed by atoms with Gasteiger partial charge in [0.25, 0.3) is 0 Å². The molecule has 8 nitrogen and oxygen atoms in total. The summed E-state index contributed by atoms with van der Waals surface area (Å²) >= 11 is 1.49. The van der Waals surface area contributed by atoms with Gasteiger partial charge in [0.2, 0.25) is 0 Å². The normalized spacial score (nSPS) is 12.5. The maximum Gasteiger partial charge on any atom is 0.474 e. The van der Waals surface area contributed by atoms with Crippen molar-refractivity contribution in [2.24, 2.45) is 5.90 Å². The molecule has 0 aliphatic rings. The van der Waals surface area contributed by atoms with E-state index in [9.17, 15) is 14.5 Å². The van der Waals surface area contributed by atoms with Crippen LogP contribution in [0.1, 0.15) is 206 Å². The van der Waals surface area contributed by atoms with Crippen LogP contribution in [-0.4, -0.2) is 48.5 Å². The molecule has 0 amide bonds. The van der Waals surface area contributed by atoms with Crippen molar-refractivity contribution in [2.75, 3.05) is 31.3 Å². The Morgan fingerprint density at radius 3 is 1.27 bits per heavy atom. The molecule has 1 atom stereocenters. The van der Waals surface area contributed by atoms with Crippen molar-refractivity contribution in [3.05, 3.63) is 0 Å². The number of hydrogen-bond acceptors (Lipinski definition) is 9. The van der Waals surface area contributed by atoms with Crippen LogP contribution in [0.25, 0.3) is 0 Å². The van der Waals surface area contributed by atoms with Crippen molar-refractivity contribution in [1.29, 1.82) is 0 Å². The third-order valence-electron chi connectivity index (χ3n) is 9.03. The number of aliphatic hydroxyl groups excluding tert-OH is 1. The molecule has 0 saturated carbocycles. The van der Waals surface area contributed by atoms with Crippen LogP contribution in [0, 0.1) is 0 Å². The Labute approximate surface area is 307 Å². The van der Waals surface area contributed by atoms with Crippen LogP contribution in [0.2, 0.25) is 0 Å². The molecule has 0 rings (SSSR count). The molecule has 10 heteroatoms. The van der Waals surface area contributed by atoms with Gasteiger partial charge in [-0.2, -0.15) is 17.7 Å². The zero-order chi connectivity index (χ0) is 35.9. The maximum absolute atomic E-state index is 13.4. The first-order chi connectivity index (χ1) is 24.0. The summed E-state index contributed by atoms with van der Waals surface area (Å²) in [5.74, 6) is 5.48. The van der Waals surface area contributed by atoms with E-state index >= 15 is 0 Å². The van der Waals surface area contributed by atoms with E-state index in [0.717, 1.165) is 38.5 Å². The molecule has 0 aromatic rings. The summed E-state index contributed by atoms with van der Waals surface area (Å²) < 4.78 is 30.5. The van der Waals surface area contributed by atoms with E-state index < -0.39 is 19.9 Å². The minimum Gasteiger partial charge on any atom is -0.390 e. The van der Waals surface area contributed by atoms with Gasteiger partial charge in [-0.25, -0.2) is 4.57 Å². The summed E-state index contributed by atoms with van der Waals surface area (Å²) in [4.78, 5) is 15.3. The Morgan fingerprint density at radius 1 is 0.571 bits per heavy atom. The number of thioether (sulfide) groups is 1. The first kappa shape index (κ1) is 48.9. The number of hydrogen-bond donors (Lipinski definition) is 2. The van der Waals surface area contributed by atoms with Crippen LogP contribution in [0.3, 0.4) is 0 Å². The summed E-state index contributed by atoms with van der Waals surface area (Å²) in [6.07, 6.45) is 35.7. The van der Waals surface area contributed by atoms with Gasteiger partial charge in [0.05, 0.1) is 25.9 Å². The third-order valence-corrected chi connectivity index (χ3v) is 11.7. The molecule has 0 saturated heterocycles. The fourth-order valence-electron chi connectivity index (χ4n) is 5.88. The molecule has 49 heavy (non-hydrogen) atoms. The van der Waals surface area contributed by atoms with Crippen molar-refractivity contribution in [2.45, 2.75) is 213 Å². The molecule has 0 spiro atoms. The second-order valence-corrected chi connectivity index (χ2v) is 16.7. The lowest BCUT2D eigenvalue weighted by Crippen LogP contribution is -2.19. The van der Waals surface area contributed by atoms with Crippen molar-refractivity contribution in [3.63, 3.8) is 0 Å². The second-order valence-electron chi connectivity index (χ2n) is 13.9. The topological polar surface area (TPSA) is 117 Å². The highest BCUT2D eigenvalue weighted by Gasteiger charge is 2.27. The van der Waals surface area contributed by atoms with E-state index in [2.05, 4.69) is 18.7 Å². The van der Waals surface area contributed by atoms with Crippen LogP contribution in [-0.2, 0) is 27.8 Å². The quantitative estimate of drug-likeness (QED) is 0.0359. The molecular formula is C39H80NO7PS. The van der Waals surface area contributed by atoms with Gasteiger partial charge in [-0.1, -0.05) is 181 Å². The summed E-state index contributed by atoms with van der Waals surface area (Å²) in [6.45, 7) is 5.08. The fourth-order valence-corrected chi connectivity index (χ4v) is 8.05. The van der Waals surface area contributed by atoms with Crippen LogP contribution in [0.5, 0.6) is 0 Å². The average molecular weight is 738 g/mol. The van der Waals surface area contributed by atoms with Gasteiger partial charge in [-0.05, 0) is 25.0 Å². The number of rotatable bonds is 41. The molecule has 0 aromatic heterocycles. The first-order valence-corrected chi connectivity index (χ1v) is 23.3. The van der Waals surface area contributed by atoms with Gasteiger partial charge in [0.15, 0.2) is 0 Å². The number of aliphatic hydroxyl groups is 1. The number of carbonyl (C=O) groups excluding carboxylic acids is 1. The third kappa shape index (κ3) is 37.4. The minimum atomic E-state index is -3.75. The SMILES string of the molecule is CCCCCCCCCCCCCCCCOP(=O)(OCCCCCCCCCCCCCCCC)OCC(O)CSCCCC(=O)ON. The highest BCUT2D eigenvalue weighted by atomic mass is 32.2. The Kier molecular flexibility index (Phi) is 38.9. The predicted octanol–water partition coefficient (Wildman–Crippen LogP) is 12.4. The Hall–Kier alpha value is -0.150. The molecule has 0 aromatic carbocycles. The Bertz CT molecular complexity index is 695. The van der Waals surface area contributed by atoms with Crippen molar-refractivity contribution in [1.82, 2.24) is 0 Å². The highest BCUT2D eigenvalue weighted by Crippen LogP contribution is 2.50. The lowest BCUT2D eigenvalue weighted by molar-refractivity contribution is -0.144. The van der Waals surface area contributed by atoms with E-state index in [0.29, 0.717) is 31.1 Å². The molecule has 294 valence electrons. The van der Waals surface area contributed by atoms with Crippen LogP contribution >= 0.6 is 19.6 Å². The van der Waals surface area contributed by atoms with E-state index in [1.807, 2.05) is 0 Å². The molecule has 0 aliphatic heterocycles. The fraction of sp³-hybridized carbons (Fsp3) is 0.974. The summed E-state index contributed by atoms with van der Waals surface area (Å²) in [5.41, 5.74) is 0. The molecule has 1 unspecified atom stereocenters. The number of phosphoric acid groups is 1. The minimum absolute atomic E-state index is 0.118. The Morgan fingerprint density at radius 2 is 0.918 bits per heavy atom. The van der Waals surface area contributed by atoms with Crippen molar-refractivity contribution in [3.8, 4) is 0 Å². The highest BCUT2D eigenvalue weighted by molar-refractivity contribution is 7.99. The predicted molar refractivity (Wildman–Crippen MR) is 209 cm³/mol. The largest absolute Gasteiger partial charge is 0.474 e. The molecule has 0 bridgehead atoms. The number of nitrogens with two attached hydrogens (primary N) is 1. The molecule has 0 fully saturated rings. The van der Waals surface area contributed by atoms with Crippen molar-refractivity contribution >= 4 is 25.6 Å². The van der Waals surface area contributed by atoms with Gasteiger partial charge >= 0.3 is 13.8 Å². The Balaban J connectivity index is 4.18. The number of carbonyl (C=O) groups is 1. The van der Waals surface area contributed by atoms with Crippen molar-refractivity contribution < 1.29 is 32.9 Å². The zero-order valence-corrected chi connectivity index (χ0v) is 33.9. The molecule has 0 heterocycles. The van der Waals surface area contributed by atoms with Gasteiger partial charge in [-0.3, -0.25) is 18.4 Å². The summed E-state index contributed by atoms with van der Waals surface area (Å²) in [6, 6.07) is 0. The second kappa shape index (κ2) is 39.1. The zero-order valence-electron chi connectivity index (χ0n) is 32.2. The van der Waals surface area contributed by atoms with Gasteiger partial charge < -0.3 is 9.94 Å². The number of unbranched alkanes of at least 4 members (excludes halogenated alkanes) is 26. The van der Waals surface area contributed by atoms with Crippen LogP contribution < -0.4 is 5.90 Å². The maximum atomic E-state index is 13.4. The van der Waals surface area contributed by atoms with E-state index in [1.165, 1.54) is 153 Å². The van der Waals surface area contributed by atoms with Crippen LogP contribution in [0.15, 0.2) is 0 Å². The average Bonchev–Trinajstić information content (AvgIpc) is 3.10. The molecule has 3 N–H and O–H groups in total. The monoisotopic (exact) mass is 738 g/mol. The number of phosphoric ester groups is 1. The van der Waals surface area contributed by atoms with Gasteiger partial charge in [-0.15, -0.1) is 0 Å². The standard InChI is InChI=1S/C39H80NO7PS/c1-3-5-7-9-11-13-15-17-19-21-23-25-27-29-33-44-48(43,46-36-38(41)37-49-35-31-32-39(42)47-40)45-34-30-28-26-24-22-20-18-16-14-12-10-8-6-4-2/h38,41H,3-37,40H2,1-2H3. The molecular weight excluding hydrogens is 657 g/mol. The smallest absolute Gasteiger partial charge is 0.390 e. The van der Waals surface area contributed by atoms with E-state index in [1.54, 1.807) is 0 Å². The molecule has 0 radical (unpaired) electrons. The summed E-state index contributed by atoms with van der Waals surface area (Å²) in [5, 5.41) is 10.4. The lowest BCUT2D eigenvalue weighted by Gasteiger charge is -2.20. The van der Waals surface area contributed by atoms with E-state index in [-0.39, 0.29) is 13.0 Å². The van der Waals surface area contributed by atoms with Crippen LogP contribution in [0.4, 0.5) is 0 Å². The van der Waals surface area contributed by atoms with E-state index in [4.69, 9.17) is 19.5 Å². The lowest BCUT2D eigenvalue weighted by atomic mass is 10.0. The van der Waals surface area contributed by atoms with Gasteiger partial charge in [0, 0.05) is 12.2 Å². The molecule has 0 aliphatic carbocycles.